The summed E-state index contributed by atoms with van der Waals surface area (Å²) in [6.45, 7) is 5.41. The van der Waals surface area contributed by atoms with Crippen molar-refractivity contribution < 1.29 is 9.13 Å². The minimum absolute atomic E-state index is 0. The first-order valence-electron chi connectivity index (χ1n) is 10.5. The molecule has 172 valence electrons. The van der Waals surface area contributed by atoms with Gasteiger partial charge in [0, 0.05) is 31.7 Å². The molecule has 4 rings (SSSR count). The van der Waals surface area contributed by atoms with Gasteiger partial charge in [0.25, 0.3) is 0 Å². The summed E-state index contributed by atoms with van der Waals surface area (Å²) in [5, 5.41) is 4.17. The number of ether oxygens (including phenoxy) is 1. The van der Waals surface area contributed by atoms with Gasteiger partial charge in [-0.1, -0.05) is 30.4 Å². The summed E-state index contributed by atoms with van der Waals surface area (Å²) in [6, 6.07) is 8.53. The molecule has 0 amide bonds. The van der Waals surface area contributed by atoms with E-state index in [9.17, 15) is 9.18 Å². The fourth-order valence-corrected chi connectivity index (χ4v) is 4.08. The van der Waals surface area contributed by atoms with Gasteiger partial charge in [-0.15, -0.1) is 12.4 Å². The van der Waals surface area contributed by atoms with E-state index in [4.69, 9.17) is 10.5 Å². The van der Waals surface area contributed by atoms with Gasteiger partial charge in [0.05, 0.1) is 31.6 Å². The van der Waals surface area contributed by atoms with Crippen LogP contribution in [-0.2, 0) is 16.8 Å². The number of aromatic nitrogens is 3. The Kier molecular flexibility index (Phi) is 7.71. The third-order valence-electron chi connectivity index (χ3n) is 5.97. The molecular formula is C23H29ClFN5O2. The van der Waals surface area contributed by atoms with E-state index in [1.165, 1.54) is 16.7 Å². The predicted octanol–water partition coefficient (Wildman–Crippen LogP) is 2.87. The van der Waals surface area contributed by atoms with Crippen molar-refractivity contribution in [2.75, 3.05) is 37.7 Å². The van der Waals surface area contributed by atoms with Crippen LogP contribution < -0.4 is 16.3 Å². The highest BCUT2D eigenvalue weighted by molar-refractivity contribution is 5.85. The minimum atomic E-state index is -0.565. The second kappa shape index (κ2) is 10.3. The smallest absolute Gasteiger partial charge is 0.346 e. The Bertz CT molecular complexity index is 1070. The van der Waals surface area contributed by atoms with E-state index in [0.717, 1.165) is 37.4 Å². The second-order valence-electron chi connectivity index (χ2n) is 8.14. The second-order valence-corrected chi connectivity index (χ2v) is 8.14. The monoisotopic (exact) mass is 461 g/mol. The normalized spacial score (nSPS) is 21.3. The number of benzene rings is 1. The lowest BCUT2D eigenvalue weighted by Crippen LogP contribution is -2.39. The maximum absolute atomic E-state index is 12.9. The molecule has 0 bridgehead atoms. The Morgan fingerprint density at radius 1 is 1.28 bits per heavy atom. The Hall–Kier alpha value is -2.68. The third kappa shape index (κ3) is 4.87. The zero-order chi connectivity index (χ0) is 21.8. The Labute approximate surface area is 193 Å². The van der Waals surface area contributed by atoms with E-state index in [0.29, 0.717) is 18.3 Å². The highest BCUT2D eigenvalue weighted by atomic mass is 35.5. The zero-order valence-electron chi connectivity index (χ0n) is 18.1. The first kappa shape index (κ1) is 24.0. The molecule has 32 heavy (non-hydrogen) atoms. The summed E-state index contributed by atoms with van der Waals surface area (Å²) in [5.74, 6) is 0. The van der Waals surface area contributed by atoms with Crippen LogP contribution in [0.4, 0.5) is 10.1 Å². The number of allylic oxidation sites excluding steroid dienone is 4. The van der Waals surface area contributed by atoms with Crippen LogP contribution >= 0.6 is 12.4 Å². The molecule has 9 heteroatoms. The number of nitrogens with zero attached hydrogens (tertiary/aromatic N) is 4. The third-order valence-corrected chi connectivity index (χ3v) is 5.97. The van der Waals surface area contributed by atoms with Crippen LogP contribution in [0.15, 0.2) is 65.5 Å². The SMILES string of the molecule is CC1(n2cnn(C/C(=C/F)CN)c2=O)C=CC=C(c2ccc(N3CCOCC3)cc2)C1.Cl. The lowest BCUT2D eigenvalue weighted by molar-refractivity contribution is 0.122. The molecule has 1 aliphatic heterocycles. The molecule has 2 aromatic rings. The van der Waals surface area contributed by atoms with E-state index in [1.54, 1.807) is 4.57 Å². The van der Waals surface area contributed by atoms with Crippen molar-refractivity contribution in [2.45, 2.75) is 25.4 Å². The molecule has 0 saturated carbocycles. The largest absolute Gasteiger partial charge is 0.378 e. The van der Waals surface area contributed by atoms with Crippen LogP contribution in [0.2, 0.25) is 0 Å². The molecular weight excluding hydrogens is 433 g/mol. The number of hydrogen-bond acceptors (Lipinski definition) is 5. The first-order valence-corrected chi connectivity index (χ1v) is 10.5. The van der Waals surface area contributed by atoms with Crippen LogP contribution in [0.25, 0.3) is 5.57 Å². The van der Waals surface area contributed by atoms with Crippen LogP contribution in [0, 0.1) is 0 Å². The topological polar surface area (TPSA) is 78.3 Å². The average Bonchev–Trinajstić information content (AvgIpc) is 3.19. The fourth-order valence-electron chi connectivity index (χ4n) is 4.08. The summed E-state index contributed by atoms with van der Waals surface area (Å²) in [6.07, 6.45) is 8.67. The summed E-state index contributed by atoms with van der Waals surface area (Å²) in [4.78, 5) is 15.2. The molecule has 0 spiro atoms. The zero-order valence-corrected chi connectivity index (χ0v) is 18.9. The number of halogens is 2. The van der Waals surface area contributed by atoms with Gasteiger partial charge in [-0.3, -0.25) is 4.57 Å². The summed E-state index contributed by atoms with van der Waals surface area (Å²) < 4.78 is 21.2. The van der Waals surface area contributed by atoms with Gasteiger partial charge in [0.15, 0.2) is 0 Å². The van der Waals surface area contributed by atoms with E-state index in [2.05, 4.69) is 40.3 Å². The van der Waals surface area contributed by atoms with Gasteiger partial charge < -0.3 is 15.4 Å². The van der Waals surface area contributed by atoms with E-state index >= 15 is 0 Å². The standard InChI is InChI=1S/C23H28FN5O2.ClH/c1-23(28-17-26-29(22(28)30)16-18(14-24)15-25)8-2-3-20(13-23)19-4-6-21(7-5-19)27-9-11-31-12-10-27;/h2-8,14,17H,9-13,15-16,25H2,1H3;1H/b18-14+;. The van der Waals surface area contributed by atoms with Crippen molar-refractivity contribution in [3.63, 3.8) is 0 Å². The molecule has 7 nitrogen and oxygen atoms in total. The van der Waals surface area contributed by atoms with Crippen LogP contribution in [0.5, 0.6) is 0 Å². The fraction of sp³-hybridized carbons (Fsp3) is 0.391. The summed E-state index contributed by atoms with van der Waals surface area (Å²) in [7, 11) is 0. The summed E-state index contributed by atoms with van der Waals surface area (Å²) >= 11 is 0. The van der Waals surface area contributed by atoms with Gasteiger partial charge in [0.1, 0.15) is 6.33 Å². The first-order chi connectivity index (χ1) is 15.0. The van der Waals surface area contributed by atoms with Gasteiger partial charge in [-0.25, -0.2) is 13.9 Å². The highest BCUT2D eigenvalue weighted by Gasteiger charge is 2.30. The molecule has 1 aromatic carbocycles. The van der Waals surface area contributed by atoms with Crippen molar-refractivity contribution in [2.24, 2.45) is 5.73 Å². The van der Waals surface area contributed by atoms with Gasteiger partial charge in [0.2, 0.25) is 0 Å². The van der Waals surface area contributed by atoms with Gasteiger partial charge >= 0.3 is 5.69 Å². The molecule has 2 heterocycles. The molecule has 1 aromatic heterocycles. The van der Waals surface area contributed by atoms with E-state index < -0.39 is 5.54 Å². The van der Waals surface area contributed by atoms with Crippen LogP contribution in [0.3, 0.4) is 0 Å². The Balaban J connectivity index is 0.00000289. The number of rotatable bonds is 6. The van der Waals surface area contributed by atoms with Crippen molar-refractivity contribution in [1.29, 1.82) is 0 Å². The molecule has 2 N–H and O–H groups in total. The Morgan fingerprint density at radius 2 is 2.00 bits per heavy atom. The van der Waals surface area contributed by atoms with E-state index in [-0.39, 0.29) is 31.2 Å². The average molecular weight is 462 g/mol. The van der Waals surface area contributed by atoms with Gasteiger partial charge in [-0.2, -0.15) is 5.10 Å². The minimum Gasteiger partial charge on any atom is -0.378 e. The van der Waals surface area contributed by atoms with E-state index in [1.807, 2.05) is 19.1 Å². The maximum atomic E-state index is 12.9. The van der Waals surface area contributed by atoms with Crippen LogP contribution in [-0.4, -0.2) is 47.2 Å². The lowest BCUT2D eigenvalue weighted by Gasteiger charge is -2.31. The van der Waals surface area contributed by atoms with Crippen LogP contribution in [0.1, 0.15) is 18.9 Å². The summed E-state index contributed by atoms with van der Waals surface area (Å²) in [5.41, 5.74) is 8.43. The van der Waals surface area contributed by atoms with Crippen molar-refractivity contribution in [1.82, 2.24) is 14.3 Å². The van der Waals surface area contributed by atoms with Gasteiger partial charge in [-0.05, 0) is 35.8 Å². The van der Waals surface area contributed by atoms with Crippen molar-refractivity contribution >= 4 is 23.7 Å². The molecule has 1 aliphatic carbocycles. The molecule has 1 unspecified atom stereocenters. The molecule has 0 radical (unpaired) electrons. The predicted molar refractivity (Wildman–Crippen MR) is 127 cm³/mol. The highest BCUT2D eigenvalue weighted by Crippen LogP contribution is 2.34. The quantitative estimate of drug-likeness (QED) is 0.715. The number of morpholine rings is 1. The van der Waals surface area contributed by atoms with Crippen molar-refractivity contribution in [3.05, 3.63) is 76.8 Å². The van der Waals surface area contributed by atoms with Crippen molar-refractivity contribution in [3.8, 4) is 0 Å². The number of anilines is 1. The number of nitrogens with two attached hydrogens (primary N) is 1. The maximum Gasteiger partial charge on any atom is 0.346 e. The Morgan fingerprint density at radius 3 is 2.66 bits per heavy atom. The number of hydrogen-bond donors (Lipinski definition) is 1. The molecule has 2 aliphatic rings. The molecule has 1 saturated heterocycles. The lowest BCUT2D eigenvalue weighted by atomic mass is 9.85. The molecule has 1 atom stereocenters. The molecule has 1 fully saturated rings.